The van der Waals surface area contributed by atoms with Crippen LogP contribution in [-0.2, 0) is 13.0 Å². The number of benzene rings is 1. The normalized spacial score (nSPS) is 19.0. The van der Waals surface area contributed by atoms with E-state index in [4.69, 9.17) is 0 Å². The number of aromatic nitrogens is 2. The van der Waals surface area contributed by atoms with Crippen LogP contribution in [0.4, 0.5) is 0 Å². The molecule has 3 rings (SSSR count). The smallest absolute Gasteiger partial charge is 0.335 e. The molecule has 112 valence electrons. The van der Waals surface area contributed by atoms with Crippen LogP contribution in [0.3, 0.4) is 0 Å². The van der Waals surface area contributed by atoms with E-state index in [1.807, 2.05) is 17.8 Å². The number of carboxylic acids is 1. The predicted molar refractivity (Wildman–Crippen MR) is 86.2 cm³/mol. The monoisotopic (exact) mass is 304 g/mol. The Bertz CT molecular complexity index is 660. The highest BCUT2D eigenvalue weighted by molar-refractivity contribution is 7.99. The highest BCUT2D eigenvalue weighted by Crippen LogP contribution is 2.28. The van der Waals surface area contributed by atoms with Crippen molar-refractivity contribution in [2.24, 2.45) is 0 Å². The number of carboxylic acid groups (broad SMARTS) is 1. The van der Waals surface area contributed by atoms with Crippen LogP contribution in [0, 0.1) is 0 Å². The second-order valence-corrected chi connectivity index (χ2v) is 6.90. The van der Waals surface area contributed by atoms with Crippen LogP contribution in [0.2, 0.25) is 0 Å². The fourth-order valence-corrected chi connectivity index (χ4v) is 4.23. The summed E-state index contributed by atoms with van der Waals surface area (Å²) in [5.41, 5.74) is 2.19. The molecule has 1 aliphatic rings. The molecule has 1 aromatic carbocycles. The van der Waals surface area contributed by atoms with Gasteiger partial charge in [0.25, 0.3) is 0 Å². The second kappa shape index (κ2) is 6.10. The van der Waals surface area contributed by atoms with E-state index in [1.54, 1.807) is 12.1 Å². The minimum Gasteiger partial charge on any atom is -0.478 e. The van der Waals surface area contributed by atoms with Gasteiger partial charge in [0.15, 0.2) is 0 Å². The van der Waals surface area contributed by atoms with Crippen LogP contribution in [0.1, 0.15) is 42.4 Å². The lowest BCUT2D eigenvalue weighted by atomic mass is 10.1. The van der Waals surface area contributed by atoms with E-state index >= 15 is 0 Å². The molecule has 1 aromatic heterocycles. The zero-order valence-corrected chi connectivity index (χ0v) is 13.0. The van der Waals surface area contributed by atoms with Crippen LogP contribution in [0.15, 0.2) is 18.2 Å². The number of aryl methyl sites for hydroxylation is 1. The van der Waals surface area contributed by atoms with Crippen molar-refractivity contribution in [2.45, 2.75) is 44.4 Å². The van der Waals surface area contributed by atoms with E-state index in [2.05, 4.69) is 16.5 Å². The zero-order valence-electron chi connectivity index (χ0n) is 12.2. The van der Waals surface area contributed by atoms with Crippen molar-refractivity contribution in [1.82, 2.24) is 9.55 Å². The average Bonchev–Trinajstić information content (AvgIpc) is 2.85. The van der Waals surface area contributed by atoms with Crippen molar-refractivity contribution in [3.63, 3.8) is 0 Å². The van der Waals surface area contributed by atoms with Crippen LogP contribution < -0.4 is 0 Å². The summed E-state index contributed by atoms with van der Waals surface area (Å²) in [6.45, 7) is 3.04. The van der Waals surface area contributed by atoms with Gasteiger partial charge in [-0.2, -0.15) is 11.8 Å². The lowest BCUT2D eigenvalue weighted by Crippen LogP contribution is -2.18. The highest BCUT2D eigenvalue weighted by atomic mass is 32.2. The van der Waals surface area contributed by atoms with E-state index in [-0.39, 0.29) is 0 Å². The fraction of sp³-hybridized carbons (Fsp3) is 0.500. The summed E-state index contributed by atoms with van der Waals surface area (Å²) in [5, 5.41) is 9.81. The molecule has 0 radical (unpaired) electrons. The van der Waals surface area contributed by atoms with Gasteiger partial charge in [-0.25, -0.2) is 9.78 Å². The molecule has 4 nitrogen and oxygen atoms in total. The summed E-state index contributed by atoms with van der Waals surface area (Å²) in [4.78, 5) is 15.8. The molecule has 21 heavy (non-hydrogen) atoms. The lowest BCUT2D eigenvalue weighted by molar-refractivity contribution is 0.0697. The van der Waals surface area contributed by atoms with Crippen molar-refractivity contribution in [3.8, 4) is 0 Å². The summed E-state index contributed by atoms with van der Waals surface area (Å²) in [5.74, 6) is 1.41. The van der Waals surface area contributed by atoms with Crippen molar-refractivity contribution in [1.29, 1.82) is 0 Å². The SMILES string of the molecule is CCc1nc2ccc(C(=O)O)cc2n1CC1CCCCS1. The molecule has 0 aliphatic carbocycles. The van der Waals surface area contributed by atoms with Crippen LogP contribution in [-0.4, -0.2) is 31.6 Å². The van der Waals surface area contributed by atoms with Crippen LogP contribution >= 0.6 is 11.8 Å². The maximum atomic E-state index is 11.2. The number of hydrogen-bond acceptors (Lipinski definition) is 3. The summed E-state index contributed by atoms with van der Waals surface area (Å²) in [7, 11) is 0. The van der Waals surface area contributed by atoms with Gasteiger partial charge in [0.05, 0.1) is 16.6 Å². The average molecular weight is 304 g/mol. The Balaban J connectivity index is 2.00. The molecule has 2 aromatic rings. The van der Waals surface area contributed by atoms with Crippen molar-refractivity contribution in [2.75, 3.05) is 5.75 Å². The first kappa shape index (κ1) is 14.4. The number of rotatable bonds is 4. The molecule has 0 saturated carbocycles. The van der Waals surface area contributed by atoms with Gasteiger partial charge < -0.3 is 9.67 Å². The molecule has 2 heterocycles. The molecule has 1 fully saturated rings. The number of hydrogen-bond donors (Lipinski definition) is 1. The van der Waals surface area contributed by atoms with Gasteiger partial charge >= 0.3 is 5.97 Å². The number of nitrogens with zero attached hydrogens (tertiary/aromatic N) is 2. The first-order valence-electron chi connectivity index (χ1n) is 7.53. The number of aromatic carboxylic acids is 1. The Labute approximate surface area is 128 Å². The third-order valence-corrected chi connectivity index (χ3v) is 5.43. The Morgan fingerprint density at radius 2 is 2.33 bits per heavy atom. The molecule has 0 amide bonds. The molecular weight excluding hydrogens is 284 g/mol. The number of imidazole rings is 1. The summed E-state index contributed by atoms with van der Waals surface area (Å²) in [6, 6.07) is 5.22. The predicted octanol–water partition coefficient (Wildman–Crippen LogP) is 3.58. The van der Waals surface area contributed by atoms with E-state index in [1.165, 1.54) is 25.0 Å². The Kier molecular flexibility index (Phi) is 4.19. The molecule has 5 heteroatoms. The molecule has 1 unspecified atom stereocenters. The van der Waals surface area contributed by atoms with Gasteiger partial charge in [-0.1, -0.05) is 13.3 Å². The molecule has 0 bridgehead atoms. The number of thioether (sulfide) groups is 1. The number of fused-ring (bicyclic) bond motifs is 1. The van der Waals surface area contributed by atoms with E-state index in [0.29, 0.717) is 10.8 Å². The molecule has 1 aliphatic heterocycles. The zero-order chi connectivity index (χ0) is 14.8. The van der Waals surface area contributed by atoms with Gasteiger partial charge in [0, 0.05) is 18.2 Å². The maximum absolute atomic E-state index is 11.2. The summed E-state index contributed by atoms with van der Waals surface area (Å²) in [6.07, 6.45) is 4.72. The Morgan fingerprint density at radius 1 is 1.48 bits per heavy atom. The minimum absolute atomic E-state index is 0.336. The third-order valence-electron chi connectivity index (χ3n) is 4.05. The van der Waals surface area contributed by atoms with Crippen molar-refractivity contribution < 1.29 is 9.90 Å². The molecule has 1 atom stereocenters. The lowest BCUT2D eigenvalue weighted by Gasteiger charge is -2.22. The first-order valence-corrected chi connectivity index (χ1v) is 8.58. The van der Waals surface area contributed by atoms with Gasteiger partial charge in [-0.15, -0.1) is 0 Å². The van der Waals surface area contributed by atoms with Gasteiger partial charge in [0.2, 0.25) is 0 Å². The fourth-order valence-electron chi connectivity index (χ4n) is 2.93. The molecular formula is C16H20N2O2S. The summed E-state index contributed by atoms with van der Waals surface area (Å²) < 4.78 is 2.23. The quantitative estimate of drug-likeness (QED) is 0.938. The Morgan fingerprint density at radius 3 is 3.00 bits per heavy atom. The third kappa shape index (κ3) is 2.93. The van der Waals surface area contributed by atoms with E-state index in [9.17, 15) is 9.90 Å². The number of carbonyl (C=O) groups is 1. The van der Waals surface area contributed by atoms with E-state index in [0.717, 1.165) is 29.8 Å². The standard InChI is InChI=1S/C16H20N2O2S/c1-2-15-17-13-7-6-11(16(19)20)9-14(13)18(15)10-12-5-3-4-8-21-12/h6-7,9,12H,2-5,8,10H2,1H3,(H,19,20). The first-order chi connectivity index (χ1) is 10.2. The highest BCUT2D eigenvalue weighted by Gasteiger charge is 2.18. The second-order valence-electron chi connectivity index (χ2n) is 5.49. The van der Waals surface area contributed by atoms with Gasteiger partial charge in [-0.05, 0) is 36.8 Å². The molecule has 1 N–H and O–H groups in total. The minimum atomic E-state index is -0.880. The largest absolute Gasteiger partial charge is 0.478 e. The van der Waals surface area contributed by atoms with Crippen LogP contribution in [0.25, 0.3) is 11.0 Å². The Hall–Kier alpha value is -1.49. The topological polar surface area (TPSA) is 55.1 Å². The molecule has 1 saturated heterocycles. The summed E-state index contributed by atoms with van der Waals surface area (Å²) >= 11 is 2.03. The van der Waals surface area contributed by atoms with Gasteiger partial charge in [-0.3, -0.25) is 0 Å². The van der Waals surface area contributed by atoms with Gasteiger partial charge in [0.1, 0.15) is 5.82 Å². The molecule has 0 spiro atoms. The maximum Gasteiger partial charge on any atom is 0.335 e. The van der Waals surface area contributed by atoms with Crippen molar-refractivity contribution >= 4 is 28.8 Å². The van der Waals surface area contributed by atoms with Crippen LogP contribution in [0.5, 0.6) is 0 Å². The van der Waals surface area contributed by atoms with E-state index < -0.39 is 5.97 Å². The van der Waals surface area contributed by atoms with Crippen molar-refractivity contribution in [3.05, 3.63) is 29.6 Å².